The van der Waals surface area contributed by atoms with E-state index in [0.717, 1.165) is 0 Å². The molecule has 0 rings (SSSR count). The molecule has 0 aromatic rings. The van der Waals surface area contributed by atoms with Crippen LogP contribution in [-0.2, 0) is 9.59 Å². The summed E-state index contributed by atoms with van der Waals surface area (Å²) >= 11 is 0. The van der Waals surface area contributed by atoms with E-state index in [-0.39, 0.29) is 42.4 Å². The molecule has 0 aromatic heterocycles. The summed E-state index contributed by atoms with van der Waals surface area (Å²) in [5, 5.41) is 9.92. The predicted octanol–water partition coefficient (Wildman–Crippen LogP) is -5.67. The Morgan fingerprint density at radius 2 is 1.91 bits per heavy atom. The summed E-state index contributed by atoms with van der Waals surface area (Å²) in [7, 11) is 0. The molecule has 0 fully saturated rings. The summed E-state index contributed by atoms with van der Waals surface area (Å²) in [5.41, 5.74) is 9.73. The van der Waals surface area contributed by atoms with Crippen LogP contribution in [0, 0.1) is 0 Å². The van der Waals surface area contributed by atoms with Crippen LogP contribution in [-0.4, -0.2) is 17.9 Å². The van der Waals surface area contributed by atoms with Gasteiger partial charge < -0.3 is 21.4 Å². The van der Waals surface area contributed by atoms with E-state index in [1.807, 2.05) is 0 Å². The topological polar surface area (TPSA) is 109 Å². The van der Waals surface area contributed by atoms with Crippen LogP contribution in [0.5, 0.6) is 0 Å². The largest absolute Gasteiger partial charge is 1.00 e. The Bertz CT molecular complexity index is 151. The second-order valence-electron chi connectivity index (χ2n) is 1.93. The second-order valence-corrected chi connectivity index (χ2v) is 1.93. The van der Waals surface area contributed by atoms with Gasteiger partial charge in [0.15, 0.2) is 0 Å². The van der Waals surface area contributed by atoms with E-state index >= 15 is 0 Å². The summed E-state index contributed by atoms with van der Waals surface area (Å²) in [6.45, 7) is 0. The van der Waals surface area contributed by atoms with Crippen LogP contribution in [0.2, 0.25) is 0 Å². The van der Waals surface area contributed by atoms with Crippen molar-refractivity contribution < 1.29 is 44.3 Å². The van der Waals surface area contributed by atoms with Gasteiger partial charge in [0.25, 0.3) is 0 Å². The number of carboxylic acids is 1. The Labute approximate surface area is 86.4 Å². The van der Waals surface area contributed by atoms with E-state index in [0.29, 0.717) is 0 Å². The molecular weight excluding hydrogens is 159 g/mol. The molecule has 0 saturated heterocycles. The quantitative estimate of drug-likeness (QED) is 0.407. The third-order valence-corrected chi connectivity index (χ3v) is 1.00. The molecule has 0 unspecified atom stereocenters. The second kappa shape index (κ2) is 6.60. The first-order valence-corrected chi connectivity index (χ1v) is 2.78. The van der Waals surface area contributed by atoms with Crippen LogP contribution in [0.1, 0.15) is 12.8 Å². The third-order valence-electron chi connectivity index (χ3n) is 1.00. The Balaban J connectivity index is 0. The summed E-state index contributed by atoms with van der Waals surface area (Å²) in [6.07, 6.45) is 0.0206. The summed E-state index contributed by atoms with van der Waals surface area (Å²) in [4.78, 5) is 20.0. The summed E-state index contributed by atoms with van der Waals surface area (Å²) in [5.74, 6) is -1.92. The number of carbonyl (C=O) groups excluding carboxylic acids is 2. The zero-order valence-electron chi connectivity index (χ0n) is 6.37. The number of hydrogen-bond donors (Lipinski definition) is 2. The molecule has 4 N–H and O–H groups in total. The number of amides is 1. The smallest absolute Gasteiger partial charge is 0.548 e. The number of rotatable bonds is 4. The van der Waals surface area contributed by atoms with Crippen LogP contribution in [0.3, 0.4) is 0 Å². The number of carboxylic acid groups (broad SMARTS) is 1. The van der Waals surface area contributed by atoms with E-state index in [2.05, 4.69) is 0 Å². The molecule has 0 aliphatic carbocycles. The van der Waals surface area contributed by atoms with E-state index in [4.69, 9.17) is 11.5 Å². The van der Waals surface area contributed by atoms with Crippen molar-refractivity contribution >= 4 is 11.9 Å². The number of aliphatic carboxylic acids is 1. The Morgan fingerprint density at radius 1 is 1.45 bits per heavy atom. The van der Waals surface area contributed by atoms with Gasteiger partial charge in [-0.3, -0.25) is 4.79 Å². The van der Waals surface area contributed by atoms with Gasteiger partial charge in [-0.1, -0.05) is 0 Å². The molecule has 0 aromatic carbocycles. The van der Waals surface area contributed by atoms with Gasteiger partial charge in [0.05, 0.1) is 5.97 Å². The van der Waals surface area contributed by atoms with Crippen molar-refractivity contribution in [2.45, 2.75) is 18.9 Å². The first-order valence-electron chi connectivity index (χ1n) is 2.78. The third kappa shape index (κ3) is 7.80. The molecule has 1 amide bonds. The maximum atomic E-state index is 10.1. The van der Waals surface area contributed by atoms with Crippen molar-refractivity contribution in [2.75, 3.05) is 0 Å². The van der Waals surface area contributed by atoms with Crippen molar-refractivity contribution in [1.82, 2.24) is 0 Å². The minimum absolute atomic E-state index is 0. The maximum Gasteiger partial charge on any atom is 1.00 e. The Morgan fingerprint density at radius 3 is 2.18 bits per heavy atom. The van der Waals surface area contributed by atoms with Gasteiger partial charge >= 0.3 is 29.6 Å². The van der Waals surface area contributed by atoms with E-state index in [9.17, 15) is 14.7 Å². The Hall–Kier alpha value is -0.100. The molecule has 0 radical (unpaired) electrons. The average Bonchev–Trinajstić information content (AvgIpc) is 1.82. The van der Waals surface area contributed by atoms with Gasteiger partial charge in [0, 0.05) is 12.5 Å². The zero-order valence-corrected chi connectivity index (χ0v) is 8.37. The van der Waals surface area contributed by atoms with Crippen LogP contribution in [0.25, 0.3) is 0 Å². The van der Waals surface area contributed by atoms with Crippen molar-refractivity contribution in [1.29, 1.82) is 0 Å². The van der Waals surface area contributed by atoms with Gasteiger partial charge in [-0.15, -0.1) is 0 Å². The van der Waals surface area contributed by atoms with Gasteiger partial charge in [-0.05, 0) is 6.42 Å². The van der Waals surface area contributed by atoms with Gasteiger partial charge in [0.1, 0.15) is 0 Å². The number of carbonyl (C=O) groups is 2. The predicted molar refractivity (Wildman–Crippen MR) is 31.4 cm³/mol. The van der Waals surface area contributed by atoms with Crippen LogP contribution < -0.4 is 46.1 Å². The van der Waals surface area contributed by atoms with Crippen molar-refractivity contribution in [3.8, 4) is 0 Å². The fraction of sp³-hybridized carbons (Fsp3) is 0.600. The van der Waals surface area contributed by atoms with Crippen molar-refractivity contribution in [2.24, 2.45) is 11.5 Å². The summed E-state index contributed by atoms with van der Waals surface area (Å²) < 4.78 is 0. The zero-order chi connectivity index (χ0) is 8.15. The first kappa shape index (κ1) is 13.5. The van der Waals surface area contributed by atoms with Gasteiger partial charge in [-0.25, -0.2) is 0 Å². The van der Waals surface area contributed by atoms with E-state index < -0.39 is 17.9 Å². The van der Waals surface area contributed by atoms with Crippen molar-refractivity contribution in [3.63, 3.8) is 0 Å². The van der Waals surface area contributed by atoms with Gasteiger partial charge in [0.2, 0.25) is 5.91 Å². The SMILES string of the molecule is NC(=O)CC[C@@H](N)C(=O)[O-].[Na+]. The molecule has 58 valence electrons. The van der Waals surface area contributed by atoms with E-state index in [1.165, 1.54) is 0 Å². The van der Waals surface area contributed by atoms with Crippen LogP contribution >= 0.6 is 0 Å². The molecule has 0 saturated carbocycles. The van der Waals surface area contributed by atoms with Crippen LogP contribution in [0.4, 0.5) is 0 Å². The van der Waals surface area contributed by atoms with E-state index in [1.54, 1.807) is 0 Å². The standard InChI is InChI=1S/C5H10N2O3.Na/c6-3(5(9)10)1-2-4(7)8;/h3H,1-2,6H2,(H2,7,8)(H,9,10);/q;+1/p-1/t3-;/m1./s1. The fourth-order valence-corrected chi connectivity index (χ4v) is 0.416. The molecule has 0 spiro atoms. The molecule has 11 heavy (non-hydrogen) atoms. The maximum absolute atomic E-state index is 10.1. The Kier molecular flexibility index (Phi) is 8.09. The number of primary amides is 1. The molecule has 6 heteroatoms. The summed E-state index contributed by atoms with van der Waals surface area (Å²) in [6, 6.07) is -1.09. The molecule has 0 aliphatic rings. The fourth-order valence-electron chi connectivity index (χ4n) is 0.416. The molecule has 0 aliphatic heterocycles. The minimum Gasteiger partial charge on any atom is -0.548 e. The normalized spacial score (nSPS) is 11.4. The molecule has 1 atom stereocenters. The minimum atomic E-state index is -1.36. The molecule has 0 heterocycles. The average molecular weight is 168 g/mol. The molecular formula is C5H9N2NaO3. The molecule has 0 bridgehead atoms. The monoisotopic (exact) mass is 168 g/mol. The molecule has 5 nitrogen and oxygen atoms in total. The van der Waals surface area contributed by atoms with Crippen molar-refractivity contribution in [3.05, 3.63) is 0 Å². The first-order chi connectivity index (χ1) is 4.54. The number of nitrogens with two attached hydrogens (primary N) is 2. The van der Waals surface area contributed by atoms with Crippen LogP contribution in [0.15, 0.2) is 0 Å². The number of hydrogen-bond acceptors (Lipinski definition) is 4. The van der Waals surface area contributed by atoms with Gasteiger partial charge in [-0.2, -0.15) is 0 Å².